The van der Waals surface area contributed by atoms with Gasteiger partial charge in [0.2, 0.25) is 5.91 Å². The number of anilines is 2. The molecule has 9 heteroatoms. The lowest BCUT2D eigenvalue weighted by Gasteiger charge is -2.26. The van der Waals surface area contributed by atoms with Crippen molar-refractivity contribution < 1.29 is 14.3 Å². The molecule has 134 valence electrons. The summed E-state index contributed by atoms with van der Waals surface area (Å²) in [5.41, 5.74) is 1.99. The van der Waals surface area contributed by atoms with E-state index in [9.17, 15) is 9.59 Å². The summed E-state index contributed by atoms with van der Waals surface area (Å²) in [4.78, 5) is 25.8. The number of aromatic nitrogens is 2. The van der Waals surface area contributed by atoms with Gasteiger partial charge in [0.25, 0.3) is 5.91 Å². The summed E-state index contributed by atoms with van der Waals surface area (Å²) in [5.74, 6) is 0.276. The summed E-state index contributed by atoms with van der Waals surface area (Å²) in [6.45, 7) is 0.0258. The quantitative estimate of drug-likeness (QED) is 0.847. The molecule has 8 nitrogen and oxygen atoms in total. The van der Waals surface area contributed by atoms with Gasteiger partial charge in [0.15, 0.2) is 6.61 Å². The highest BCUT2D eigenvalue weighted by Gasteiger charge is 2.24. The van der Waals surface area contributed by atoms with Crippen LogP contribution in [0.1, 0.15) is 11.6 Å². The summed E-state index contributed by atoms with van der Waals surface area (Å²) in [6, 6.07) is 4.69. The van der Waals surface area contributed by atoms with E-state index in [-0.39, 0.29) is 30.8 Å². The van der Waals surface area contributed by atoms with Crippen molar-refractivity contribution in [2.45, 2.75) is 6.04 Å². The molecule has 1 unspecified atom stereocenters. The van der Waals surface area contributed by atoms with E-state index in [1.807, 2.05) is 0 Å². The van der Waals surface area contributed by atoms with Crippen LogP contribution < -0.4 is 20.3 Å². The highest BCUT2D eigenvalue weighted by molar-refractivity contribution is 6.00. The first-order chi connectivity index (χ1) is 11.5. The zero-order valence-electron chi connectivity index (χ0n) is 14.1. The minimum absolute atomic E-state index is 0. The minimum Gasteiger partial charge on any atom is -0.482 e. The molecular weight excluding hydrogens is 346 g/mol. The number of fused-ring (bicyclic) bond motifs is 1. The topological polar surface area (TPSA) is 88.5 Å². The second-order valence-electron chi connectivity index (χ2n) is 5.58. The maximum Gasteiger partial charge on any atom is 0.264 e. The minimum atomic E-state index is -0.523. The maximum atomic E-state index is 12.5. The first kappa shape index (κ1) is 18.8. The third kappa shape index (κ3) is 3.75. The molecule has 2 amide bonds. The number of hydrogen-bond acceptors (Lipinski definition) is 5. The van der Waals surface area contributed by atoms with Gasteiger partial charge in [-0.05, 0) is 25.2 Å². The molecule has 3 rings (SSSR count). The van der Waals surface area contributed by atoms with E-state index in [4.69, 9.17) is 4.74 Å². The Morgan fingerprint density at radius 2 is 2.12 bits per heavy atom. The van der Waals surface area contributed by atoms with Gasteiger partial charge in [0.05, 0.1) is 11.9 Å². The van der Waals surface area contributed by atoms with E-state index in [1.54, 1.807) is 56.4 Å². The van der Waals surface area contributed by atoms with Gasteiger partial charge in [0.1, 0.15) is 11.8 Å². The monoisotopic (exact) mass is 365 g/mol. The summed E-state index contributed by atoms with van der Waals surface area (Å²) in [7, 11) is 5.19. The Kier molecular flexibility index (Phi) is 5.66. The molecule has 2 heterocycles. The van der Waals surface area contributed by atoms with Crippen LogP contribution in [0.3, 0.4) is 0 Å². The molecule has 1 aliphatic rings. The van der Waals surface area contributed by atoms with Gasteiger partial charge in [-0.15, -0.1) is 12.4 Å². The van der Waals surface area contributed by atoms with E-state index in [0.29, 0.717) is 17.1 Å². The highest BCUT2D eigenvalue weighted by Crippen LogP contribution is 2.33. The van der Waals surface area contributed by atoms with Crippen LogP contribution in [-0.4, -0.2) is 42.3 Å². The smallest absolute Gasteiger partial charge is 0.264 e. The molecule has 1 aromatic carbocycles. The fraction of sp³-hybridized carbons (Fsp3) is 0.312. The van der Waals surface area contributed by atoms with E-state index in [0.717, 1.165) is 5.56 Å². The first-order valence-electron chi connectivity index (χ1n) is 7.49. The van der Waals surface area contributed by atoms with Crippen LogP contribution in [0.25, 0.3) is 0 Å². The van der Waals surface area contributed by atoms with Crippen LogP contribution in [0.2, 0.25) is 0 Å². The van der Waals surface area contributed by atoms with Crippen molar-refractivity contribution in [2.75, 3.05) is 30.9 Å². The Morgan fingerprint density at radius 3 is 2.76 bits per heavy atom. The third-order valence-electron chi connectivity index (χ3n) is 3.92. The number of nitrogens with one attached hydrogen (secondary N) is 2. The van der Waals surface area contributed by atoms with E-state index >= 15 is 0 Å². The van der Waals surface area contributed by atoms with Crippen molar-refractivity contribution in [1.82, 2.24) is 15.1 Å². The molecule has 0 fully saturated rings. The number of benzene rings is 1. The molecule has 0 spiro atoms. The number of hydrogen-bond donors (Lipinski definition) is 2. The Balaban J connectivity index is 0.00000225. The molecule has 0 saturated carbocycles. The van der Waals surface area contributed by atoms with Gasteiger partial charge in [-0.25, -0.2) is 0 Å². The normalized spacial score (nSPS) is 14.2. The summed E-state index contributed by atoms with van der Waals surface area (Å²) in [5, 5.41) is 9.92. The zero-order valence-corrected chi connectivity index (χ0v) is 15.0. The predicted octanol–water partition coefficient (Wildman–Crippen LogP) is 1.10. The van der Waals surface area contributed by atoms with E-state index in [1.165, 1.54) is 4.90 Å². The third-order valence-corrected chi connectivity index (χ3v) is 3.92. The van der Waals surface area contributed by atoms with Crippen molar-refractivity contribution in [3.63, 3.8) is 0 Å². The molecule has 0 radical (unpaired) electrons. The van der Waals surface area contributed by atoms with E-state index in [2.05, 4.69) is 15.7 Å². The largest absolute Gasteiger partial charge is 0.482 e. The predicted molar refractivity (Wildman–Crippen MR) is 96.2 cm³/mol. The number of carbonyl (C=O) groups excluding carboxylic acids is 2. The molecule has 25 heavy (non-hydrogen) atoms. The van der Waals surface area contributed by atoms with Gasteiger partial charge in [-0.2, -0.15) is 5.10 Å². The Bertz CT molecular complexity index is 792. The molecule has 1 aliphatic heterocycles. The number of amides is 2. The van der Waals surface area contributed by atoms with Gasteiger partial charge in [-0.3, -0.25) is 14.3 Å². The first-order valence-corrected chi connectivity index (χ1v) is 7.49. The van der Waals surface area contributed by atoms with Gasteiger partial charge in [0, 0.05) is 31.5 Å². The Hall–Kier alpha value is -2.58. The van der Waals surface area contributed by atoms with Crippen molar-refractivity contribution in [3.8, 4) is 5.75 Å². The van der Waals surface area contributed by atoms with Gasteiger partial charge >= 0.3 is 0 Å². The number of halogens is 1. The number of nitrogens with zero attached hydrogens (tertiary/aromatic N) is 3. The molecule has 0 aliphatic carbocycles. The number of aryl methyl sites for hydroxylation is 1. The molecule has 2 aromatic rings. The second kappa shape index (κ2) is 7.54. The Morgan fingerprint density at radius 1 is 1.36 bits per heavy atom. The molecular formula is C16H20ClN5O3. The number of rotatable bonds is 4. The van der Waals surface area contributed by atoms with Crippen molar-refractivity contribution >= 4 is 35.6 Å². The fourth-order valence-electron chi connectivity index (χ4n) is 2.60. The van der Waals surface area contributed by atoms with Crippen molar-refractivity contribution in [1.29, 1.82) is 0 Å². The SMILES string of the molecule is CNC(C(=O)Nc1ccc2c(c1)N(C)C(=O)CO2)c1cnn(C)c1.Cl. The molecule has 0 saturated heterocycles. The van der Waals surface area contributed by atoms with Crippen LogP contribution in [0, 0.1) is 0 Å². The van der Waals surface area contributed by atoms with Crippen molar-refractivity contribution in [2.24, 2.45) is 7.05 Å². The molecule has 1 atom stereocenters. The fourth-order valence-corrected chi connectivity index (χ4v) is 2.60. The molecule has 2 N–H and O–H groups in total. The van der Waals surface area contributed by atoms with Crippen LogP contribution in [0.15, 0.2) is 30.6 Å². The summed E-state index contributed by atoms with van der Waals surface area (Å²) >= 11 is 0. The Labute approximate surface area is 151 Å². The van der Waals surface area contributed by atoms with Crippen LogP contribution in [0.4, 0.5) is 11.4 Å². The van der Waals surface area contributed by atoms with Crippen LogP contribution in [-0.2, 0) is 16.6 Å². The average Bonchev–Trinajstić information content (AvgIpc) is 2.98. The standard InChI is InChI=1S/C16H19N5O3.ClH/c1-17-15(10-7-18-20(2)8-10)16(23)19-11-4-5-13-12(6-11)21(3)14(22)9-24-13;/h4-8,15,17H,9H2,1-3H3,(H,19,23);1H. The molecule has 1 aromatic heterocycles. The van der Waals surface area contributed by atoms with Gasteiger partial charge in [-0.1, -0.05) is 0 Å². The number of likely N-dealkylation sites (N-methyl/N-ethyl adjacent to an activating group) is 2. The zero-order chi connectivity index (χ0) is 17.3. The number of ether oxygens (including phenoxy) is 1. The summed E-state index contributed by atoms with van der Waals surface area (Å²) < 4.78 is 7.02. The summed E-state index contributed by atoms with van der Waals surface area (Å²) in [6.07, 6.45) is 3.43. The lowest BCUT2D eigenvalue weighted by molar-refractivity contribution is -0.121. The molecule has 0 bridgehead atoms. The highest BCUT2D eigenvalue weighted by atomic mass is 35.5. The van der Waals surface area contributed by atoms with Crippen LogP contribution >= 0.6 is 12.4 Å². The second-order valence-corrected chi connectivity index (χ2v) is 5.58. The van der Waals surface area contributed by atoms with Gasteiger partial charge < -0.3 is 20.3 Å². The lowest BCUT2D eigenvalue weighted by Crippen LogP contribution is -2.35. The lowest BCUT2D eigenvalue weighted by atomic mass is 10.1. The van der Waals surface area contributed by atoms with Crippen molar-refractivity contribution in [3.05, 3.63) is 36.2 Å². The maximum absolute atomic E-state index is 12.5. The van der Waals surface area contributed by atoms with Crippen LogP contribution in [0.5, 0.6) is 5.75 Å². The average molecular weight is 366 g/mol. The number of carbonyl (C=O) groups is 2. The van der Waals surface area contributed by atoms with E-state index < -0.39 is 6.04 Å².